The van der Waals surface area contributed by atoms with Crippen molar-refractivity contribution in [2.45, 2.75) is 39.8 Å². The summed E-state index contributed by atoms with van der Waals surface area (Å²) >= 11 is 0. The number of carbonyl (C=O) groups excluding carboxylic acids is 2. The van der Waals surface area contributed by atoms with E-state index in [4.69, 9.17) is 0 Å². The summed E-state index contributed by atoms with van der Waals surface area (Å²) in [5, 5.41) is 15.1. The van der Waals surface area contributed by atoms with Crippen LogP contribution in [0.15, 0.2) is 5.10 Å². The smallest absolute Gasteiger partial charge is 0.361 e. The fraction of sp³-hybridized carbons (Fsp3) is 0.727. The van der Waals surface area contributed by atoms with Crippen LogP contribution in [0.4, 0.5) is 0 Å². The zero-order valence-electron chi connectivity index (χ0n) is 10.8. The molecule has 1 amide bonds. The van der Waals surface area contributed by atoms with Crippen LogP contribution in [0.1, 0.15) is 34.1 Å². The minimum Gasteiger partial charge on any atom is -0.465 e. The van der Waals surface area contributed by atoms with Gasteiger partial charge >= 0.3 is 5.97 Å². The Morgan fingerprint density at radius 3 is 2.35 bits per heavy atom. The van der Waals surface area contributed by atoms with Crippen LogP contribution < -0.4 is 0 Å². The highest BCUT2D eigenvalue weighted by Crippen LogP contribution is 2.33. The van der Waals surface area contributed by atoms with Crippen LogP contribution >= 0.6 is 0 Å². The maximum absolute atomic E-state index is 11.6. The van der Waals surface area contributed by atoms with Crippen LogP contribution in [0.3, 0.4) is 0 Å². The summed E-state index contributed by atoms with van der Waals surface area (Å²) < 4.78 is 4.52. The van der Waals surface area contributed by atoms with E-state index < -0.39 is 17.6 Å². The second-order valence-corrected chi connectivity index (χ2v) is 5.11. The fourth-order valence-corrected chi connectivity index (χ4v) is 1.62. The Kier molecular flexibility index (Phi) is 3.29. The Balaban J connectivity index is 3.14. The molecule has 96 valence electrons. The number of carbonyl (C=O) groups is 2. The van der Waals surface area contributed by atoms with Gasteiger partial charge in [0.15, 0.2) is 0 Å². The molecule has 0 fully saturated rings. The number of ether oxygens (including phenoxy) is 1. The van der Waals surface area contributed by atoms with Crippen molar-refractivity contribution in [1.29, 1.82) is 0 Å². The van der Waals surface area contributed by atoms with Crippen molar-refractivity contribution in [2.24, 2.45) is 10.5 Å². The average molecular weight is 242 g/mol. The first-order valence-corrected chi connectivity index (χ1v) is 5.32. The van der Waals surface area contributed by atoms with Gasteiger partial charge in [0.05, 0.1) is 7.11 Å². The third kappa shape index (κ3) is 2.31. The second-order valence-electron chi connectivity index (χ2n) is 5.11. The highest BCUT2D eigenvalue weighted by Gasteiger charge is 2.52. The molecule has 0 radical (unpaired) electrons. The summed E-state index contributed by atoms with van der Waals surface area (Å²) in [6, 6.07) is 0. The summed E-state index contributed by atoms with van der Waals surface area (Å²) in [7, 11) is 1.16. The van der Waals surface area contributed by atoms with Gasteiger partial charge in [-0.3, -0.25) is 4.79 Å². The van der Waals surface area contributed by atoms with Crippen molar-refractivity contribution in [2.75, 3.05) is 7.11 Å². The first kappa shape index (κ1) is 13.6. The van der Waals surface area contributed by atoms with E-state index in [0.29, 0.717) is 5.71 Å². The van der Waals surface area contributed by atoms with Crippen molar-refractivity contribution in [3.63, 3.8) is 0 Å². The van der Waals surface area contributed by atoms with Gasteiger partial charge in [0.1, 0.15) is 0 Å². The van der Waals surface area contributed by atoms with Gasteiger partial charge in [-0.1, -0.05) is 20.8 Å². The molecule has 1 heterocycles. The monoisotopic (exact) mass is 242 g/mol. The molecule has 0 saturated carbocycles. The molecule has 0 aliphatic carbocycles. The summed E-state index contributed by atoms with van der Waals surface area (Å²) in [4.78, 5) is 23.0. The molecule has 1 atom stereocenters. The van der Waals surface area contributed by atoms with E-state index in [1.165, 1.54) is 6.92 Å². The Morgan fingerprint density at radius 2 is 2.00 bits per heavy atom. The number of rotatable bonds is 1. The van der Waals surface area contributed by atoms with Crippen molar-refractivity contribution in [3.05, 3.63) is 0 Å². The fourth-order valence-electron chi connectivity index (χ4n) is 1.62. The molecule has 0 aromatic carbocycles. The number of methoxy groups -OCH3 is 1. The summed E-state index contributed by atoms with van der Waals surface area (Å²) in [5.41, 5.74) is -1.75. The van der Waals surface area contributed by atoms with Crippen LogP contribution in [-0.4, -0.2) is 40.5 Å². The van der Waals surface area contributed by atoms with Crippen LogP contribution in [0.5, 0.6) is 0 Å². The minimum atomic E-state index is -2.01. The quantitative estimate of drug-likeness (QED) is 0.679. The van der Waals surface area contributed by atoms with Crippen molar-refractivity contribution in [3.8, 4) is 0 Å². The third-order valence-corrected chi connectivity index (χ3v) is 2.66. The molecule has 1 aliphatic heterocycles. The molecule has 0 bridgehead atoms. The number of aliphatic hydroxyl groups is 1. The van der Waals surface area contributed by atoms with E-state index >= 15 is 0 Å². The molecule has 1 rings (SSSR count). The lowest BCUT2D eigenvalue weighted by molar-refractivity contribution is -0.186. The lowest BCUT2D eigenvalue weighted by Gasteiger charge is -2.27. The van der Waals surface area contributed by atoms with Gasteiger partial charge in [0, 0.05) is 24.5 Å². The zero-order valence-corrected chi connectivity index (χ0v) is 10.8. The normalized spacial score (nSPS) is 24.6. The lowest BCUT2D eigenvalue weighted by Crippen LogP contribution is -2.52. The van der Waals surface area contributed by atoms with Crippen LogP contribution in [0.2, 0.25) is 0 Å². The summed E-state index contributed by atoms with van der Waals surface area (Å²) in [5.74, 6) is -1.38. The molecule has 0 unspecified atom stereocenters. The minimum absolute atomic E-state index is 0.0250. The van der Waals surface area contributed by atoms with E-state index in [2.05, 4.69) is 9.84 Å². The van der Waals surface area contributed by atoms with Crippen LogP contribution in [-0.2, 0) is 14.3 Å². The number of hydrogen-bond acceptors (Lipinski definition) is 5. The number of esters is 1. The highest BCUT2D eigenvalue weighted by atomic mass is 16.5. The standard InChI is InChI=1S/C11H18N2O4/c1-7(14)13-11(16,9(15)17-5)6-8(12-13)10(2,3)4/h16H,6H2,1-5H3/t11-/m1/s1. The first-order valence-electron chi connectivity index (χ1n) is 5.32. The molecular formula is C11H18N2O4. The number of hydrazone groups is 1. The molecule has 0 aromatic rings. The summed E-state index contributed by atoms with van der Waals surface area (Å²) in [6.07, 6.45) is -0.0250. The predicted octanol–water partition coefficient (Wildman–Crippen LogP) is 0.502. The Morgan fingerprint density at radius 1 is 1.47 bits per heavy atom. The Labute approximate surface area is 100 Å². The van der Waals surface area contributed by atoms with E-state index in [1.807, 2.05) is 20.8 Å². The topological polar surface area (TPSA) is 79.2 Å². The molecular weight excluding hydrogens is 224 g/mol. The molecule has 0 spiro atoms. The van der Waals surface area contributed by atoms with Gasteiger partial charge in [0.25, 0.3) is 5.72 Å². The van der Waals surface area contributed by atoms with E-state index in [-0.39, 0.29) is 11.8 Å². The second kappa shape index (κ2) is 4.10. The SMILES string of the molecule is COC(=O)[C@]1(O)CC(C(C)(C)C)=NN1C(C)=O. The Hall–Kier alpha value is -1.43. The Bertz CT molecular complexity index is 383. The predicted molar refractivity (Wildman–Crippen MR) is 61.0 cm³/mol. The van der Waals surface area contributed by atoms with E-state index in [9.17, 15) is 14.7 Å². The maximum atomic E-state index is 11.6. The van der Waals surface area contributed by atoms with Crippen LogP contribution in [0.25, 0.3) is 0 Å². The maximum Gasteiger partial charge on any atom is 0.361 e. The lowest BCUT2D eigenvalue weighted by atomic mass is 9.86. The molecule has 6 nitrogen and oxygen atoms in total. The van der Waals surface area contributed by atoms with E-state index in [1.54, 1.807) is 0 Å². The largest absolute Gasteiger partial charge is 0.465 e. The van der Waals surface area contributed by atoms with Gasteiger partial charge < -0.3 is 9.84 Å². The van der Waals surface area contributed by atoms with Crippen molar-refractivity contribution >= 4 is 17.6 Å². The molecule has 1 N–H and O–H groups in total. The third-order valence-electron chi connectivity index (χ3n) is 2.66. The van der Waals surface area contributed by atoms with Gasteiger partial charge in [0.2, 0.25) is 5.91 Å². The van der Waals surface area contributed by atoms with Gasteiger partial charge in [-0.05, 0) is 0 Å². The number of amides is 1. The van der Waals surface area contributed by atoms with Crippen LogP contribution in [0, 0.1) is 5.41 Å². The van der Waals surface area contributed by atoms with Gasteiger partial charge in [-0.15, -0.1) is 0 Å². The number of hydrogen-bond donors (Lipinski definition) is 1. The van der Waals surface area contributed by atoms with Crippen molar-refractivity contribution < 1.29 is 19.4 Å². The molecule has 17 heavy (non-hydrogen) atoms. The zero-order chi connectivity index (χ0) is 13.4. The summed E-state index contributed by atoms with van der Waals surface area (Å²) in [6.45, 7) is 6.93. The van der Waals surface area contributed by atoms with Crippen molar-refractivity contribution in [1.82, 2.24) is 5.01 Å². The van der Waals surface area contributed by atoms with E-state index in [0.717, 1.165) is 12.1 Å². The molecule has 1 aliphatic rings. The van der Waals surface area contributed by atoms with Gasteiger partial charge in [-0.25, -0.2) is 4.79 Å². The average Bonchev–Trinajstić information content (AvgIpc) is 2.56. The number of nitrogens with zero attached hydrogens (tertiary/aromatic N) is 2. The van der Waals surface area contributed by atoms with Gasteiger partial charge in [-0.2, -0.15) is 10.1 Å². The highest BCUT2D eigenvalue weighted by molar-refractivity contribution is 5.99. The molecule has 6 heteroatoms. The molecule has 0 aromatic heterocycles. The first-order chi connectivity index (χ1) is 7.63. The molecule has 0 saturated heterocycles.